The first-order valence-corrected chi connectivity index (χ1v) is 5.89. The molecule has 0 rings (SSSR count). The van der Waals surface area contributed by atoms with Gasteiger partial charge in [0.15, 0.2) is 0 Å². The molecule has 0 saturated heterocycles. The van der Waals surface area contributed by atoms with Crippen molar-refractivity contribution >= 4 is 24.3 Å². The minimum Gasteiger partial charge on any atom is -0.481 e. The van der Waals surface area contributed by atoms with Gasteiger partial charge in [-0.05, 0) is 0 Å². The molecule has 0 aliphatic rings. The molecule has 9 heteroatoms. The third-order valence-corrected chi connectivity index (χ3v) is 1.78. The molecule has 0 aromatic heterocycles. The van der Waals surface area contributed by atoms with Gasteiger partial charge in [0.2, 0.25) is 5.91 Å². The van der Waals surface area contributed by atoms with Gasteiger partial charge in [-0.3, -0.25) is 14.4 Å². The van der Waals surface area contributed by atoms with Crippen molar-refractivity contribution in [1.82, 2.24) is 10.5 Å². The number of carbonyl (C=O) groups excluding carboxylic acids is 1. The van der Waals surface area contributed by atoms with Crippen molar-refractivity contribution < 1.29 is 56.9 Å². The SMILES string of the molecule is CC(C)C(=O)O.CNOC.CON(C)C(=O)C(C)C.Cl.[3H][CH2-].[U]. The molecule has 0 saturated carbocycles. The summed E-state index contributed by atoms with van der Waals surface area (Å²) in [6, 6.07) is 0. The van der Waals surface area contributed by atoms with E-state index in [1.54, 1.807) is 35.1 Å². The standard InChI is InChI=1S/C6H13NO2.C4H8O2.C2H7NO.CH3.ClH.U/c1-5(2)6(8)7(3)9-4;1-3(2)4(5)6;1-3-4-2;;;/h5H,1-4H3;3H,1-2H3,(H,5,6);3H,1-2H3;1H3;1H;/q;;;-1;;/i;;;1T;;. The predicted molar refractivity (Wildman–Crippen MR) is 86.8 cm³/mol. The molecule has 0 unspecified atom stereocenters. The van der Waals surface area contributed by atoms with Crippen molar-refractivity contribution in [3.8, 4) is 0 Å². The molecule has 136 valence electrons. The Morgan fingerprint density at radius 3 is 1.50 bits per heavy atom. The average molecular weight is 572 g/mol. The maximum atomic E-state index is 10.9. The second-order valence-electron chi connectivity index (χ2n) is 4.07. The number of rotatable bonds is 4. The van der Waals surface area contributed by atoms with E-state index in [1.807, 2.05) is 13.8 Å². The molecule has 0 aliphatic heterocycles. The normalized spacial score (nSPS) is 8.23. The second-order valence-corrected chi connectivity index (χ2v) is 4.07. The zero-order chi connectivity index (χ0) is 18.0. The molecule has 0 heterocycles. The average Bonchev–Trinajstić information content (AvgIpc) is 2.48. The van der Waals surface area contributed by atoms with Crippen LogP contribution in [0.3, 0.4) is 0 Å². The second kappa shape index (κ2) is 26.1. The van der Waals surface area contributed by atoms with Gasteiger partial charge in [-0.1, -0.05) is 27.7 Å². The van der Waals surface area contributed by atoms with Gasteiger partial charge in [-0.15, -0.1) is 12.4 Å². The van der Waals surface area contributed by atoms with Crippen LogP contribution in [0.1, 0.15) is 29.1 Å². The number of hydrogen-bond donors (Lipinski definition) is 2. The van der Waals surface area contributed by atoms with Crippen molar-refractivity contribution in [3.63, 3.8) is 0 Å². The van der Waals surface area contributed by atoms with Crippen molar-refractivity contribution in [2.45, 2.75) is 27.7 Å². The van der Waals surface area contributed by atoms with Crippen molar-refractivity contribution in [2.75, 3.05) is 28.3 Å². The van der Waals surface area contributed by atoms with Gasteiger partial charge in [0, 0.05) is 51.1 Å². The van der Waals surface area contributed by atoms with E-state index in [4.69, 9.17) is 6.48 Å². The number of hydrogen-bond acceptors (Lipinski definition) is 5. The fourth-order valence-electron chi connectivity index (χ4n) is 0.454. The topological polar surface area (TPSA) is 88.1 Å². The number of aliphatic carboxylic acids is 1. The molecule has 1 amide bonds. The zero-order valence-corrected chi connectivity index (χ0v) is 19.8. The van der Waals surface area contributed by atoms with Crippen molar-refractivity contribution in [1.29, 1.82) is 0 Å². The van der Waals surface area contributed by atoms with Crippen LogP contribution in [0.2, 0.25) is 0 Å². The molecule has 0 fully saturated rings. The van der Waals surface area contributed by atoms with E-state index in [0.717, 1.165) is 0 Å². The molecule has 22 heavy (non-hydrogen) atoms. The van der Waals surface area contributed by atoms with Crippen LogP contribution in [0.5, 0.6) is 0 Å². The van der Waals surface area contributed by atoms with Gasteiger partial charge < -0.3 is 17.3 Å². The van der Waals surface area contributed by atoms with Gasteiger partial charge >= 0.3 is 5.97 Å². The van der Waals surface area contributed by atoms with Crippen LogP contribution in [-0.2, 0) is 19.3 Å². The van der Waals surface area contributed by atoms with E-state index in [2.05, 4.69) is 22.6 Å². The van der Waals surface area contributed by atoms with Crippen molar-refractivity contribution in [2.24, 2.45) is 11.8 Å². The van der Waals surface area contributed by atoms with Gasteiger partial charge in [0.1, 0.15) is 0 Å². The summed E-state index contributed by atoms with van der Waals surface area (Å²) in [7, 11) is 8.85. The first kappa shape index (κ1) is 33.7. The van der Waals surface area contributed by atoms with Gasteiger partial charge in [0.25, 0.3) is 0 Å². The summed E-state index contributed by atoms with van der Waals surface area (Å²) in [5.74, 6) is -0.965. The Balaban J connectivity index is -0.0000000455. The third kappa shape index (κ3) is 32.2. The van der Waals surface area contributed by atoms with Crippen LogP contribution >= 0.6 is 12.4 Å². The Hall–Kier alpha value is 0.162. The number of halogens is 1. The van der Waals surface area contributed by atoms with Crippen LogP contribution in [-0.4, -0.2) is 50.4 Å². The van der Waals surface area contributed by atoms with Gasteiger partial charge in [0.05, 0.1) is 20.1 Å². The number of carbonyl (C=O) groups is 2. The Morgan fingerprint density at radius 1 is 1.18 bits per heavy atom. The van der Waals surface area contributed by atoms with Crippen LogP contribution < -0.4 is 5.48 Å². The maximum absolute atomic E-state index is 10.9. The zero-order valence-electron chi connectivity index (χ0n) is 15.8. The third-order valence-electron chi connectivity index (χ3n) is 1.78. The summed E-state index contributed by atoms with van der Waals surface area (Å²) in [5, 5.41) is 9.22. The molecule has 0 bridgehead atoms. The number of carboxylic acid groups (broad SMARTS) is 1. The molecule has 7 nitrogen and oxygen atoms in total. The van der Waals surface area contributed by atoms with Crippen LogP contribution in [0.25, 0.3) is 0 Å². The van der Waals surface area contributed by atoms with E-state index >= 15 is 0 Å². The molecule has 0 aromatic carbocycles. The first-order valence-electron chi connectivity index (χ1n) is 6.60. The molecule has 0 atom stereocenters. The number of nitrogens with zero attached hydrogens (tertiary/aromatic N) is 1. The summed E-state index contributed by atoms with van der Waals surface area (Å²) < 4.78 is 5.50. The van der Waals surface area contributed by atoms with E-state index in [9.17, 15) is 9.59 Å². The molecule has 0 radical (unpaired) electrons. The molecule has 0 aliphatic carbocycles. The monoisotopic (exact) mass is 571 g/mol. The Bertz CT molecular complexity index is 248. The van der Waals surface area contributed by atoms with Crippen LogP contribution in [0.4, 0.5) is 0 Å². The molecule has 2 N–H and O–H groups in total. The number of nitrogens with one attached hydrogen (secondary N) is 1. The van der Waals surface area contributed by atoms with Crippen molar-refractivity contribution in [3.05, 3.63) is 7.40 Å². The number of amides is 1. The van der Waals surface area contributed by atoms with E-state index in [1.165, 1.54) is 12.2 Å². The largest absolute Gasteiger partial charge is 0.481 e. The fraction of sp³-hybridized carbons (Fsp3) is 0.769. The maximum Gasteiger partial charge on any atom is 0.305 e. The summed E-state index contributed by atoms with van der Waals surface area (Å²) >= 11 is 0. The Morgan fingerprint density at radius 2 is 1.45 bits per heavy atom. The Labute approximate surface area is 166 Å². The Kier molecular flexibility index (Phi) is 39.9. The van der Waals surface area contributed by atoms with E-state index in [-0.39, 0.29) is 61.3 Å². The summed E-state index contributed by atoms with van der Waals surface area (Å²) in [6.45, 7) is 6.94. The fourth-order valence-corrected chi connectivity index (χ4v) is 0.454. The molecular formula is C13H32ClN2O5U-. The van der Waals surface area contributed by atoms with E-state index in [0.29, 0.717) is 0 Å². The number of carboxylic acids is 1. The summed E-state index contributed by atoms with van der Waals surface area (Å²) in [4.78, 5) is 29.5. The van der Waals surface area contributed by atoms with Crippen LogP contribution in [0, 0.1) is 50.4 Å². The smallest absolute Gasteiger partial charge is 0.305 e. The number of hydroxylamine groups is 3. The molecular weight excluding hydrogens is 538 g/mol. The van der Waals surface area contributed by atoms with Crippen LogP contribution in [0.15, 0.2) is 0 Å². The quantitative estimate of drug-likeness (QED) is 0.397. The summed E-state index contributed by atoms with van der Waals surface area (Å²) in [6.07, 6.45) is 0. The van der Waals surface area contributed by atoms with Gasteiger partial charge in [-0.25, -0.2) is 11.9 Å². The molecule has 0 aromatic rings. The predicted octanol–water partition coefficient (Wildman–Crippen LogP) is 2.03. The minimum atomic E-state index is -0.741. The van der Waals surface area contributed by atoms with E-state index < -0.39 is 5.97 Å². The summed E-state index contributed by atoms with van der Waals surface area (Å²) in [5.41, 5.74) is 2.43. The first-order chi connectivity index (χ1) is 9.65. The van der Waals surface area contributed by atoms with Gasteiger partial charge in [-0.2, -0.15) is 0 Å². The molecule has 0 spiro atoms. The minimum absolute atomic E-state index is 0.